The van der Waals surface area contributed by atoms with Gasteiger partial charge in [-0.1, -0.05) is 5.92 Å². The van der Waals surface area contributed by atoms with Crippen LogP contribution in [0.4, 0.5) is 0 Å². The molecule has 0 saturated heterocycles. The van der Waals surface area contributed by atoms with Gasteiger partial charge >= 0.3 is 0 Å². The zero-order valence-electron chi connectivity index (χ0n) is 6.87. The Balaban J connectivity index is 2.70. The number of hydrogen-bond donors (Lipinski definition) is 0. The molecule has 0 aliphatic carbocycles. The Hall–Kier alpha value is -1.27. The van der Waals surface area contributed by atoms with Gasteiger partial charge in [0.1, 0.15) is 5.65 Å². The highest BCUT2D eigenvalue weighted by atomic mass is 79.9. The van der Waals surface area contributed by atoms with Gasteiger partial charge in [0.05, 0.1) is 6.54 Å². The maximum atomic E-state index is 5.24. The molecule has 0 amide bonds. The summed E-state index contributed by atoms with van der Waals surface area (Å²) >= 11 is 3.46. The molecule has 2 rings (SSSR count). The summed E-state index contributed by atoms with van der Waals surface area (Å²) in [6, 6.07) is 3.92. The summed E-state index contributed by atoms with van der Waals surface area (Å²) in [5, 5.41) is 1.10. The van der Waals surface area contributed by atoms with Gasteiger partial charge in [0, 0.05) is 22.3 Å². The Kier molecular flexibility index (Phi) is 2.07. The molecule has 2 aromatic heterocycles. The van der Waals surface area contributed by atoms with E-state index in [9.17, 15) is 0 Å². The van der Waals surface area contributed by atoms with Crippen LogP contribution >= 0.6 is 15.9 Å². The first-order valence-electron chi connectivity index (χ1n) is 3.86. The lowest BCUT2D eigenvalue weighted by Crippen LogP contribution is -1.94. The first-order valence-corrected chi connectivity index (χ1v) is 4.65. The molecular formula is C10H7BrN2. The Bertz CT molecular complexity index is 479. The fourth-order valence-corrected chi connectivity index (χ4v) is 1.71. The summed E-state index contributed by atoms with van der Waals surface area (Å²) in [5.41, 5.74) is 0.923. The second-order valence-corrected chi connectivity index (χ2v) is 3.53. The fourth-order valence-electron chi connectivity index (χ4n) is 1.28. The summed E-state index contributed by atoms with van der Waals surface area (Å²) < 4.78 is 2.99. The van der Waals surface area contributed by atoms with Crippen LogP contribution in [0.3, 0.4) is 0 Å². The third-order valence-corrected chi connectivity index (χ3v) is 2.56. The molecule has 2 nitrogen and oxygen atoms in total. The molecule has 0 atom stereocenters. The third kappa shape index (κ3) is 1.34. The minimum absolute atomic E-state index is 0.562. The van der Waals surface area contributed by atoms with Crippen molar-refractivity contribution in [1.29, 1.82) is 0 Å². The van der Waals surface area contributed by atoms with Crippen LogP contribution in [-0.2, 0) is 6.54 Å². The fraction of sp³-hybridized carbons (Fsp3) is 0.100. The molecular weight excluding hydrogens is 228 g/mol. The standard InChI is InChI=1S/C10H7BrN2/c1-2-6-13-7-4-8-9(11)3-5-12-10(8)13/h1,3-5,7H,6H2. The second-order valence-electron chi connectivity index (χ2n) is 2.68. The van der Waals surface area contributed by atoms with Gasteiger partial charge in [-0.3, -0.25) is 0 Å². The van der Waals surface area contributed by atoms with Crippen molar-refractivity contribution >= 4 is 27.0 Å². The molecule has 0 aliphatic heterocycles. The molecule has 0 unspecified atom stereocenters. The van der Waals surface area contributed by atoms with E-state index in [0.29, 0.717) is 6.54 Å². The molecule has 0 bridgehead atoms. The number of rotatable bonds is 1. The van der Waals surface area contributed by atoms with Crippen molar-refractivity contribution < 1.29 is 0 Å². The normalized spacial score (nSPS) is 10.2. The predicted octanol–water partition coefficient (Wildman–Crippen LogP) is 2.43. The van der Waals surface area contributed by atoms with Gasteiger partial charge in [0.25, 0.3) is 0 Å². The minimum atomic E-state index is 0.562. The van der Waals surface area contributed by atoms with Crippen LogP contribution in [0.5, 0.6) is 0 Å². The third-order valence-electron chi connectivity index (χ3n) is 1.87. The summed E-state index contributed by atoms with van der Waals surface area (Å²) in [4.78, 5) is 4.26. The number of terminal acetylenes is 1. The zero-order valence-corrected chi connectivity index (χ0v) is 8.45. The van der Waals surface area contributed by atoms with E-state index in [1.807, 2.05) is 22.9 Å². The average molecular weight is 235 g/mol. The molecule has 2 heterocycles. The molecule has 64 valence electrons. The predicted molar refractivity (Wildman–Crippen MR) is 56.3 cm³/mol. The van der Waals surface area contributed by atoms with E-state index < -0.39 is 0 Å². The summed E-state index contributed by atoms with van der Waals surface area (Å²) in [5.74, 6) is 2.59. The number of fused-ring (bicyclic) bond motifs is 1. The number of halogens is 1. The average Bonchev–Trinajstić information content (AvgIpc) is 2.51. The Labute approximate surface area is 84.7 Å². The number of nitrogens with zero attached hydrogens (tertiary/aromatic N) is 2. The quantitative estimate of drug-likeness (QED) is 0.694. The van der Waals surface area contributed by atoms with Crippen molar-refractivity contribution in [3.63, 3.8) is 0 Å². The monoisotopic (exact) mass is 234 g/mol. The number of hydrogen-bond acceptors (Lipinski definition) is 1. The lowest BCUT2D eigenvalue weighted by Gasteiger charge is -1.98. The molecule has 0 aromatic carbocycles. The van der Waals surface area contributed by atoms with Gasteiger partial charge in [-0.05, 0) is 28.1 Å². The molecule has 13 heavy (non-hydrogen) atoms. The van der Waals surface area contributed by atoms with E-state index in [1.165, 1.54) is 0 Å². The van der Waals surface area contributed by atoms with Gasteiger partial charge in [-0.15, -0.1) is 6.42 Å². The highest BCUT2D eigenvalue weighted by molar-refractivity contribution is 9.10. The van der Waals surface area contributed by atoms with E-state index in [-0.39, 0.29) is 0 Å². The van der Waals surface area contributed by atoms with Gasteiger partial charge in [-0.25, -0.2) is 4.98 Å². The molecule has 0 saturated carbocycles. The second kappa shape index (κ2) is 3.23. The lowest BCUT2D eigenvalue weighted by atomic mass is 10.3. The van der Waals surface area contributed by atoms with Gasteiger partial charge < -0.3 is 4.57 Å². The largest absolute Gasteiger partial charge is 0.321 e. The van der Waals surface area contributed by atoms with Crippen LogP contribution in [0.2, 0.25) is 0 Å². The summed E-state index contributed by atoms with van der Waals surface area (Å²) in [6.45, 7) is 0.562. The summed E-state index contributed by atoms with van der Waals surface area (Å²) in [7, 11) is 0. The Morgan fingerprint density at radius 2 is 2.38 bits per heavy atom. The lowest BCUT2D eigenvalue weighted by molar-refractivity contribution is 0.871. The summed E-state index contributed by atoms with van der Waals surface area (Å²) in [6.07, 6.45) is 8.95. The molecule has 2 aromatic rings. The van der Waals surface area contributed by atoms with Crippen molar-refractivity contribution in [2.75, 3.05) is 0 Å². The first kappa shape index (κ1) is 8.33. The molecule has 0 aliphatic rings. The van der Waals surface area contributed by atoms with E-state index in [1.54, 1.807) is 6.20 Å². The Morgan fingerprint density at radius 1 is 1.54 bits per heavy atom. The smallest absolute Gasteiger partial charge is 0.141 e. The van der Waals surface area contributed by atoms with Crippen LogP contribution in [0.15, 0.2) is 29.0 Å². The van der Waals surface area contributed by atoms with Gasteiger partial charge in [0.2, 0.25) is 0 Å². The maximum absolute atomic E-state index is 5.24. The zero-order chi connectivity index (χ0) is 9.26. The molecule has 0 spiro atoms. The van der Waals surface area contributed by atoms with Gasteiger partial charge in [-0.2, -0.15) is 0 Å². The SMILES string of the molecule is C#CCn1ccc2c(Br)ccnc21. The van der Waals surface area contributed by atoms with Crippen molar-refractivity contribution in [3.05, 3.63) is 29.0 Å². The van der Waals surface area contributed by atoms with Crippen molar-refractivity contribution in [3.8, 4) is 12.3 Å². The van der Waals surface area contributed by atoms with E-state index >= 15 is 0 Å². The van der Waals surface area contributed by atoms with Gasteiger partial charge in [0.15, 0.2) is 0 Å². The molecule has 3 heteroatoms. The van der Waals surface area contributed by atoms with Crippen LogP contribution < -0.4 is 0 Å². The first-order chi connectivity index (χ1) is 6.33. The highest BCUT2D eigenvalue weighted by Crippen LogP contribution is 2.22. The number of aromatic nitrogens is 2. The van der Waals surface area contributed by atoms with E-state index in [2.05, 4.69) is 26.8 Å². The van der Waals surface area contributed by atoms with Crippen molar-refractivity contribution in [1.82, 2.24) is 9.55 Å². The maximum Gasteiger partial charge on any atom is 0.141 e. The number of pyridine rings is 1. The van der Waals surface area contributed by atoms with Crippen molar-refractivity contribution in [2.45, 2.75) is 6.54 Å². The van der Waals surface area contributed by atoms with Crippen LogP contribution in [0.25, 0.3) is 11.0 Å². The van der Waals surface area contributed by atoms with Crippen LogP contribution in [-0.4, -0.2) is 9.55 Å². The molecule has 0 radical (unpaired) electrons. The topological polar surface area (TPSA) is 17.8 Å². The molecule has 0 N–H and O–H groups in total. The van der Waals surface area contributed by atoms with Crippen molar-refractivity contribution in [2.24, 2.45) is 0 Å². The van der Waals surface area contributed by atoms with Crippen LogP contribution in [0.1, 0.15) is 0 Å². The van der Waals surface area contributed by atoms with Crippen LogP contribution in [0, 0.1) is 12.3 Å². The van der Waals surface area contributed by atoms with E-state index in [0.717, 1.165) is 15.5 Å². The minimum Gasteiger partial charge on any atom is -0.321 e. The molecule has 0 fully saturated rings. The Morgan fingerprint density at radius 3 is 3.15 bits per heavy atom. The highest BCUT2D eigenvalue weighted by Gasteiger charge is 2.03. The van der Waals surface area contributed by atoms with E-state index in [4.69, 9.17) is 6.42 Å².